The van der Waals surface area contributed by atoms with Crippen molar-refractivity contribution in [2.75, 3.05) is 26.5 Å². The van der Waals surface area contributed by atoms with Gasteiger partial charge in [0.15, 0.2) is 5.65 Å². The van der Waals surface area contributed by atoms with Crippen LogP contribution in [-0.4, -0.2) is 59.2 Å². The van der Waals surface area contributed by atoms with Crippen LogP contribution >= 0.6 is 0 Å². The Morgan fingerprint density at radius 1 is 1.15 bits per heavy atom. The van der Waals surface area contributed by atoms with Gasteiger partial charge in [0, 0.05) is 19.8 Å². The Hall–Kier alpha value is -4.03. The molecule has 0 aliphatic heterocycles. The Balaban J connectivity index is 1.59. The molecule has 1 N–H and O–H groups in total. The molecule has 176 valence electrons. The third-order valence-electron chi connectivity index (χ3n) is 5.08. The van der Waals surface area contributed by atoms with Crippen molar-refractivity contribution in [2.45, 2.75) is 11.4 Å². The normalized spacial score (nSPS) is 11.6. The van der Waals surface area contributed by atoms with Crippen LogP contribution in [0.1, 0.15) is 0 Å². The lowest BCUT2D eigenvalue weighted by Gasteiger charge is -2.16. The number of nitrogens with one attached hydrogen (secondary N) is 1. The van der Waals surface area contributed by atoms with Crippen LogP contribution < -0.4 is 15.6 Å². The summed E-state index contributed by atoms with van der Waals surface area (Å²) in [6, 6.07) is 13.5. The van der Waals surface area contributed by atoms with Crippen LogP contribution in [0.4, 0.5) is 5.69 Å². The Morgan fingerprint density at radius 3 is 2.56 bits per heavy atom. The van der Waals surface area contributed by atoms with Gasteiger partial charge in [0.25, 0.3) is 5.56 Å². The molecule has 0 fully saturated rings. The summed E-state index contributed by atoms with van der Waals surface area (Å²) in [4.78, 5) is 29.7. The first-order valence-corrected chi connectivity index (χ1v) is 11.6. The molecule has 0 aliphatic carbocycles. The lowest BCUT2D eigenvalue weighted by atomic mass is 10.3. The van der Waals surface area contributed by atoms with Crippen molar-refractivity contribution in [2.24, 2.45) is 0 Å². The molecule has 0 saturated carbocycles. The number of rotatable bonds is 7. The number of amides is 1. The van der Waals surface area contributed by atoms with Crippen molar-refractivity contribution in [1.82, 2.24) is 23.6 Å². The van der Waals surface area contributed by atoms with Crippen molar-refractivity contribution in [3.8, 4) is 11.4 Å². The summed E-state index contributed by atoms with van der Waals surface area (Å²) in [6.45, 7) is -0.319. The monoisotopic (exact) mass is 482 g/mol. The highest BCUT2D eigenvalue weighted by Gasteiger charge is 2.23. The zero-order valence-electron chi connectivity index (χ0n) is 18.7. The fourth-order valence-corrected chi connectivity index (χ4v) is 4.40. The van der Waals surface area contributed by atoms with E-state index in [0.29, 0.717) is 5.65 Å². The minimum absolute atomic E-state index is 0.0913. The summed E-state index contributed by atoms with van der Waals surface area (Å²) in [5, 5.41) is 7.13. The van der Waals surface area contributed by atoms with Crippen molar-refractivity contribution >= 4 is 32.7 Å². The van der Waals surface area contributed by atoms with Gasteiger partial charge < -0.3 is 10.1 Å². The molecule has 4 aromatic rings. The smallest absolute Gasteiger partial charge is 0.264 e. The summed E-state index contributed by atoms with van der Waals surface area (Å²) in [5.74, 6) is -0.384. The minimum atomic E-state index is -3.81. The third kappa shape index (κ3) is 4.28. The predicted octanol–water partition coefficient (Wildman–Crippen LogP) is 1.48. The second kappa shape index (κ2) is 9.08. The average molecular weight is 483 g/mol. The molecule has 0 atom stereocenters. The molecule has 0 saturated heterocycles. The molecule has 2 aromatic heterocycles. The van der Waals surface area contributed by atoms with Gasteiger partial charge in [0.05, 0.1) is 19.0 Å². The van der Waals surface area contributed by atoms with Gasteiger partial charge in [-0.25, -0.2) is 22.4 Å². The number of para-hydroxylation sites is 1. The van der Waals surface area contributed by atoms with E-state index in [1.165, 1.54) is 51.9 Å². The van der Waals surface area contributed by atoms with E-state index in [2.05, 4.69) is 15.4 Å². The van der Waals surface area contributed by atoms with E-state index in [-0.39, 0.29) is 28.3 Å². The highest BCUT2D eigenvalue weighted by atomic mass is 32.2. The molecule has 12 heteroatoms. The number of hydrogen-bond acceptors (Lipinski definition) is 7. The van der Waals surface area contributed by atoms with Crippen LogP contribution in [0.3, 0.4) is 0 Å². The van der Waals surface area contributed by atoms with E-state index in [1.54, 1.807) is 4.68 Å². The second-order valence-corrected chi connectivity index (χ2v) is 9.63. The van der Waals surface area contributed by atoms with Crippen LogP contribution in [0.15, 0.2) is 70.7 Å². The summed E-state index contributed by atoms with van der Waals surface area (Å²) in [5.41, 5.74) is 0.947. The van der Waals surface area contributed by atoms with Gasteiger partial charge in [-0.3, -0.25) is 14.2 Å². The zero-order chi connectivity index (χ0) is 24.5. The molecule has 0 unspecified atom stereocenters. The van der Waals surface area contributed by atoms with E-state index in [0.717, 1.165) is 14.6 Å². The lowest BCUT2D eigenvalue weighted by molar-refractivity contribution is -0.116. The number of sulfonamides is 1. The van der Waals surface area contributed by atoms with E-state index >= 15 is 0 Å². The quantitative estimate of drug-likeness (QED) is 0.422. The number of carbonyl (C=O) groups is 1. The van der Waals surface area contributed by atoms with Crippen molar-refractivity contribution < 1.29 is 17.9 Å². The highest BCUT2D eigenvalue weighted by Crippen LogP contribution is 2.28. The molecule has 11 nitrogen and oxygen atoms in total. The Bertz CT molecular complexity index is 1530. The molecule has 2 aromatic carbocycles. The number of methoxy groups -OCH3 is 1. The molecule has 0 bridgehead atoms. The number of fused-ring (bicyclic) bond motifs is 1. The standard InChI is InChI=1S/C22H22N6O5S/c1-26(2)34(31,32)19-11-15(9-10-18(19)33-3)25-20(29)13-27-14-23-21-17(22(27)30)12-24-28(21)16-7-5-4-6-8-16/h4-12,14H,13H2,1-3H3,(H,25,29). The van der Waals surface area contributed by atoms with Crippen molar-refractivity contribution in [3.05, 3.63) is 71.4 Å². The largest absolute Gasteiger partial charge is 0.495 e. The van der Waals surface area contributed by atoms with Gasteiger partial charge in [-0.15, -0.1) is 0 Å². The number of carbonyl (C=O) groups excluding carboxylic acids is 1. The van der Waals surface area contributed by atoms with Crippen molar-refractivity contribution in [1.29, 1.82) is 0 Å². The topological polar surface area (TPSA) is 128 Å². The second-order valence-electron chi connectivity index (χ2n) is 7.51. The van der Waals surface area contributed by atoms with Crippen LogP contribution in [0.2, 0.25) is 0 Å². The molecule has 0 aliphatic rings. The zero-order valence-corrected chi connectivity index (χ0v) is 19.5. The van der Waals surface area contributed by atoms with E-state index in [1.807, 2.05) is 30.3 Å². The van der Waals surface area contributed by atoms with Crippen molar-refractivity contribution in [3.63, 3.8) is 0 Å². The highest BCUT2D eigenvalue weighted by molar-refractivity contribution is 7.89. The predicted molar refractivity (Wildman–Crippen MR) is 126 cm³/mol. The maximum Gasteiger partial charge on any atom is 0.264 e. The summed E-state index contributed by atoms with van der Waals surface area (Å²) in [6.07, 6.45) is 2.69. The van der Waals surface area contributed by atoms with Crippen LogP contribution in [0.5, 0.6) is 5.75 Å². The number of ether oxygens (including phenoxy) is 1. The number of anilines is 1. The Morgan fingerprint density at radius 2 is 1.88 bits per heavy atom. The fraction of sp³-hybridized carbons (Fsp3) is 0.182. The molecule has 4 rings (SSSR count). The summed E-state index contributed by atoms with van der Waals surface area (Å²) < 4.78 is 34.1. The molecular weight excluding hydrogens is 460 g/mol. The Labute approximate surface area is 195 Å². The third-order valence-corrected chi connectivity index (χ3v) is 6.91. The first kappa shape index (κ1) is 23.1. The Kier molecular flexibility index (Phi) is 6.18. The van der Waals surface area contributed by atoms with Gasteiger partial charge in [-0.05, 0) is 30.3 Å². The fourth-order valence-electron chi connectivity index (χ4n) is 3.33. The van der Waals surface area contributed by atoms with Crippen LogP contribution in [0, 0.1) is 0 Å². The molecule has 0 spiro atoms. The van der Waals surface area contributed by atoms with Crippen LogP contribution in [0.25, 0.3) is 16.7 Å². The van der Waals surface area contributed by atoms with Gasteiger partial charge in [-0.2, -0.15) is 5.10 Å². The first-order valence-electron chi connectivity index (χ1n) is 10.1. The SMILES string of the molecule is COc1ccc(NC(=O)Cn2cnc3c(cnn3-c3ccccc3)c2=O)cc1S(=O)(=O)N(C)C. The van der Waals surface area contributed by atoms with Gasteiger partial charge in [0.1, 0.15) is 28.9 Å². The maximum absolute atomic E-state index is 12.9. The molecule has 2 heterocycles. The van der Waals surface area contributed by atoms with Gasteiger partial charge in [0.2, 0.25) is 15.9 Å². The number of aromatic nitrogens is 4. The van der Waals surface area contributed by atoms with E-state index < -0.39 is 21.5 Å². The molecule has 1 amide bonds. The number of benzene rings is 2. The van der Waals surface area contributed by atoms with Gasteiger partial charge in [-0.1, -0.05) is 18.2 Å². The molecule has 34 heavy (non-hydrogen) atoms. The maximum atomic E-state index is 12.9. The summed E-state index contributed by atoms with van der Waals surface area (Å²) >= 11 is 0. The van der Waals surface area contributed by atoms with E-state index in [4.69, 9.17) is 4.74 Å². The minimum Gasteiger partial charge on any atom is -0.495 e. The number of nitrogens with zero attached hydrogens (tertiary/aromatic N) is 5. The number of hydrogen-bond donors (Lipinski definition) is 1. The van der Waals surface area contributed by atoms with Crippen LogP contribution in [-0.2, 0) is 21.4 Å². The molecular formula is C22H22N6O5S. The molecule has 0 radical (unpaired) electrons. The summed E-state index contributed by atoms with van der Waals surface area (Å²) in [7, 11) is 0.350. The van der Waals surface area contributed by atoms with Gasteiger partial charge >= 0.3 is 0 Å². The average Bonchev–Trinajstić information content (AvgIpc) is 3.26. The van der Waals surface area contributed by atoms with E-state index in [9.17, 15) is 18.0 Å². The first-order chi connectivity index (χ1) is 16.2. The lowest BCUT2D eigenvalue weighted by Crippen LogP contribution is -2.28.